The van der Waals surface area contributed by atoms with E-state index in [1.54, 1.807) is 18.4 Å². The second-order valence-electron chi connectivity index (χ2n) is 5.70. The van der Waals surface area contributed by atoms with Crippen LogP contribution < -0.4 is 9.64 Å². The summed E-state index contributed by atoms with van der Waals surface area (Å²) in [5.74, 6) is 0.893. The summed E-state index contributed by atoms with van der Waals surface area (Å²) in [6.07, 6.45) is 4.47. The Morgan fingerprint density at radius 3 is 2.73 bits per heavy atom. The van der Waals surface area contributed by atoms with Crippen LogP contribution in [0.15, 0.2) is 30.5 Å². The van der Waals surface area contributed by atoms with Gasteiger partial charge < -0.3 is 9.64 Å². The number of benzene rings is 1. The summed E-state index contributed by atoms with van der Waals surface area (Å²) >= 11 is 1.66. The van der Waals surface area contributed by atoms with Crippen LogP contribution in [0.1, 0.15) is 24.1 Å². The second kappa shape index (κ2) is 5.28. The normalized spacial score (nSPS) is 14.5. The van der Waals surface area contributed by atoms with Crippen molar-refractivity contribution < 1.29 is 4.74 Å². The van der Waals surface area contributed by atoms with Gasteiger partial charge in [-0.25, -0.2) is 9.50 Å². The fraction of sp³-hybridized carbons (Fsp3) is 0.375. The van der Waals surface area contributed by atoms with Crippen molar-refractivity contribution in [3.8, 4) is 5.75 Å². The van der Waals surface area contributed by atoms with E-state index < -0.39 is 0 Å². The molecule has 0 atom stereocenters. The lowest BCUT2D eigenvalue weighted by Gasteiger charge is -2.21. The van der Waals surface area contributed by atoms with E-state index in [1.807, 2.05) is 29.8 Å². The SMILES string of the molecule is COc1ccc(CN(c2nn3cc(C)nc3s2)C2CC2)cc1. The van der Waals surface area contributed by atoms with Crippen molar-refractivity contribution in [2.24, 2.45) is 0 Å². The molecule has 4 rings (SSSR count). The molecule has 22 heavy (non-hydrogen) atoms. The maximum Gasteiger partial charge on any atom is 0.214 e. The van der Waals surface area contributed by atoms with E-state index >= 15 is 0 Å². The van der Waals surface area contributed by atoms with Crippen LogP contribution in [-0.4, -0.2) is 27.7 Å². The first-order chi connectivity index (χ1) is 10.7. The quantitative estimate of drug-likeness (QED) is 0.725. The van der Waals surface area contributed by atoms with Gasteiger partial charge in [0.15, 0.2) is 0 Å². The largest absolute Gasteiger partial charge is 0.497 e. The van der Waals surface area contributed by atoms with Crippen molar-refractivity contribution >= 4 is 21.4 Å². The third-order valence-corrected chi connectivity index (χ3v) is 4.86. The maximum atomic E-state index is 5.22. The molecule has 3 aromatic rings. The Hall–Kier alpha value is -2.08. The number of hydrogen-bond acceptors (Lipinski definition) is 5. The summed E-state index contributed by atoms with van der Waals surface area (Å²) in [6.45, 7) is 2.88. The van der Waals surface area contributed by atoms with Crippen LogP contribution >= 0.6 is 11.3 Å². The van der Waals surface area contributed by atoms with Crippen LogP contribution in [0.25, 0.3) is 4.96 Å². The topological polar surface area (TPSA) is 42.7 Å². The minimum absolute atomic E-state index is 0.610. The Balaban J connectivity index is 1.60. The number of anilines is 1. The van der Waals surface area contributed by atoms with E-state index in [0.717, 1.165) is 28.1 Å². The summed E-state index contributed by atoms with van der Waals surface area (Å²) in [4.78, 5) is 7.87. The fourth-order valence-corrected chi connectivity index (χ4v) is 3.58. The van der Waals surface area contributed by atoms with Gasteiger partial charge in [-0.15, -0.1) is 5.10 Å². The van der Waals surface area contributed by atoms with Gasteiger partial charge in [0.2, 0.25) is 10.1 Å². The molecule has 6 heteroatoms. The first kappa shape index (κ1) is 13.6. The summed E-state index contributed by atoms with van der Waals surface area (Å²) < 4.78 is 7.11. The monoisotopic (exact) mass is 314 g/mol. The van der Waals surface area contributed by atoms with Crippen LogP contribution in [0.3, 0.4) is 0 Å². The molecule has 1 aliphatic carbocycles. The van der Waals surface area contributed by atoms with Gasteiger partial charge in [0.1, 0.15) is 5.75 Å². The lowest BCUT2D eigenvalue weighted by Crippen LogP contribution is -2.25. The molecule has 0 radical (unpaired) electrons. The van der Waals surface area contributed by atoms with Crippen LogP contribution in [0.5, 0.6) is 5.75 Å². The molecule has 5 nitrogen and oxygen atoms in total. The van der Waals surface area contributed by atoms with Gasteiger partial charge in [-0.2, -0.15) is 0 Å². The van der Waals surface area contributed by atoms with E-state index in [0.29, 0.717) is 6.04 Å². The number of imidazole rings is 1. The molecule has 0 spiro atoms. The van der Waals surface area contributed by atoms with Crippen molar-refractivity contribution in [1.29, 1.82) is 0 Å². The number of ether oxygens (including phenoxy) is 1. The average Bonchev–Trinajstić information content (AvgIpc) is 3.20. The molecule has 2 aromatic heterocycles. The molecule has 0 unspecified atom stereocenters. The van der Waals surface area contributed by atoms with E-state index in [4.69, 9.17) is 9.84 Å². The number of aromatic nitrogens is 3. The Labute approximate surface area is 133 Å². The highest BCUT2D eigenvalue weighted by Crippen LogP contribution is 2.35. The zero-order valence-corrected chi connectivity index (χ0v) is 13.5. The molecule has 1 aromatic carbocycles. The number of hydrogen-bond donors (Lipinski definition) is 0. The molecule has 1 fully saturated rings. The van der Waals surface area contributed by atoms with Crippen LogP contribution in [0, 0.1) is 6.92 Å². The molecule has 1 aliphatic rings. The van der Waals surface area contributed by atoms with Gasteiger partial charge in [0, 0.05) is 12.6 Å². The van der Waals surface area contributed by atoms with E-state index in [-0.39, 0.29) is 0 Å². The van der Waals surface area contributed by atoms with Gasteiger partial charge in [-0.1, -0.05) is 23.5 Å². The number of fused-ring (bicyclic) bond motifs is 1. The highest BCUT2D eigenvalue weighted by molar-refractivity contribution is 7.20. The van der Waals surface area contributed by atoms with Crippen molar-refractivity contribution in [3.05, 3.63) is 41.7 Å². The standard InChI is InChI=1S/C16H18N4OS/c1-11-9-20-15(17-11)22-16(18-20)19(13-5-6-13)10-12-3-7-14(21-2)8-4-12/h3-4,7-9,13H,5-6,10H2,1-2H3. The van der Waals surface area contributed by atoms with Crippen LogP contribution in [0.4, 0.5) is 5.13 Å². The molecule has 2 heterocycles. The van der Waals surface area contributed by atoms with Crippen molar-refractivity contribution in [2.45, 2.75) is 32.4 Å². The molecule has 114 valence electrons. The summed E-state index contributed by atoms with van der Waals surface area (Å²) in [6, 6.07) is 8.88. The van der Waals surface area contributed by atoms with Crippen molar-refractivity contribution in [2.75, 3.05) is 12.0 Å². The highest BCUT2D eigenvalue weighted by Gasteiger charge is 2.31. The zero-order valence-electron chi connectivity index (χ0n) is 12.7. The Kier molecular flexibility index (Phi) is 3.26. The third kappa shape index (κ3) is 2.54. The van der Waals surface area contributed by atoms with Gasteiger partial charge >= 0.3 is 0 Å². The smallest absolute Gasteiger partial charge is 0.214 e. The number of nitrogens with zero attached hydrogens (tertiary/aromatic N) is 4. The lowest BCUT2D eigenvalue weighted by atomic mass is 10.2. The van der Waals surface area contributed by atoms with Gasteiger partial charge in [0.25, 0.3) is 0 Å². The van der Waals surface area contributed by atoms with Crippen LogP contribution in [-0.2, 0) is 6.54 Å². The number of aryl methyl sites for hydroxylation is 1. The summed E-state index contributed by atoms with van der Waals surface area (Å²) in [5, 5.41) is 5.76. The van der Waals surface area contributed by atoms with Crippen molar-refractivity contribution in [3.63, 3.8) is 0 Å². The van der Waals surface area contributed by atoms with E-state index in [2.05, 4.69) is 22.0 Å². The Morgan fingerprint density at radius 2 is 2.09 bits per heavy atom. The summed E-state index contributed by atoms with van der Waals surface area (Å²) in [5.41, 5.74) is 2.29. The molecule has 0 amide bonds. The number of rotatable bonds is 5. The molecular weight excluding hydrogens is 296 g/mol. The summed E-state index contributed by atoms with van der Waals surface area (Å²) in [7, 11) is 1.69. The second-order valence-corrected chi connectivity index (χ2v) is 6.64. The lowest BCUT2D eigenvalue weighted by molar-refractivity contribution is 0.414. The molecule has 0 N–H and O–H groups in total. The first-order valence-electron chi connectivity index (χ1n) is 7.45. The Bertz CT molecular complexity index is 757. The van der Waals surface area contributed by atoms with Gasteiger partial charge in [-0.3, -0.25) is 0 Å². The van der Waals surface area contributed by atoms with Gasteiger partial charge in [0.05, 0.1) is 19.0 Å². The zero-order chi connectivity index (χ0) is 15.1. The molecular formula is C16H18N4OS. The van der Waals surface area contributed by atoms with E-state index in [9.17, 15) is 0 Å². The third-order valence-electron chi connectivity index (χ3n) is 3.90. The Morgan fingerprint density at radius 1 is 1.32 bits per heavy atom. The molecule has 0 aliphatic heterocycles. The molecule has 0 saturated heterocycles. The highest BCUT2D eigenvalue weighted by atomic mass is 32.1. The van der Waals surface area contributed by atoms with Crippen molar-refractivity contribution in [1.82, 2.24) is 14.6 Å². The van der Waals surface area contributed by atoms with E-state index in [1.165, 1.54) is 18.4 Å². The van der Waals surface area contributed by atoms with Gasteiger partial charge in [-0.05, 0) is 37.5 Å². The molecule has 1 saturated carbocycles. The number of methoxy groups -OCH3 is 1. The minimum atomic E-state index is 0.610. The minimum Gasteiger partial charge on any atom is -0.497 e. The van der Waals surface area contributed by atoms with Crippen LogP contribution in [0.2, 0.25) is 0 Å². The first-order valence-corrected chi connectivity index (χ1v) is 8.27. The predicted octanol–water partition coefficient (Wildman–Crippen LogP) is 3.28. The average molecular weight is 314 g/mol. The fourth-order valence-electron chi connectivity index (χ4n) is 2.58. The predicted molar refractivity (Wildman–Crippen MR) is 87.8 cm³/mol. The molecule has 0 bridgehead atoms. The maximum absolute atomic E-state index is 5.22.